The van der Waals surface area contributed by atoms with Gasteiger partial charge in [0.2, 0.25) is 0 Å². The molecule has 2 unspecified atom stereocenters. The quantitative estimate of drug-likeness (QED) is 0.912. The lowest BCUT2D eigenvalue weighted by Crippen LogP contribution is -2.55. The highest BCUT2D eigenvalue weighted by Gasteiger charge is 2.27. The van der Waals surface area contributed by atoms with E-state index < -0.39 is 0 Å². The first-order chi connectivity index (χ1) is 9.45. The van der Waals surface area contributed by atoms with E-state index in [1.807, 2.05) is 0 Å². The fraction of sp³-hybridized carbons (Fsp3) is 0.625. The van der Waals surface area contributed by atoms with E-state index >= 15 is 0 Å². The predicted molar refractivity (Wildman–Crippen MR) is 77.5 cm³/mol. The SMILES string of the molecule is CC(C)CC1CNC(C)CN1Cc1cc(F)ccc1F. The van der Waals surface area contributed by atoms with E-state index in [4.69, 9.17) is 0 Å². The summed E-state index contributed by atoms with van der Waals surface area (Å²) < 4.78 is 27.1. The van der Waals surface area contributed by atoms with Crippen LogP contribution in [0.1, 0.15) is 32.8 Å². The molecule has 0 amide bonds. The molecule has 0 saturated carbocycles. The van der Waals surface area contributed by atoms with Gasteiger partial charge in [-0.15, -0.1) is 0 Å². The Hall–Kier alpha value is -1.00. The maximum Gasteiger partial charge on any atom is 0.127 e. The lowest BCUT2D eigenvalue weighted by molar-refractivity contribution is 0.110. The maximum absolute atomic E-state index is 13.8. The average Bonchev–Trinajstić information content (AvgIpc) is 2.37. The third kappa shape index (κ3) is 4.00. The summed E-state index contributed by atoms with van der Waals surface area (Å²) in [5, 5.41) is 3.47. The largest absolute Gasteiger partial charge is 0.311 e. The van der Waals surface area contributed by atoms with Crippen molar-refractivity contribution in [2.75, 3.05) is 13.1 Å². The van der Waals surface area contributed by atoms with Gasteiger partial charge in [-0.05, 0) is 37.5 Å². The average molecular weight is 282 g/mol. The van der Waals surface area contributed by atoms with Gasteiger partial charge in [0.05, 0.1) is 0 Å². The monoisotopic (exact) mass is 282 g/mol. The van der Waals surface area contributed by atoms with Crippen LogP contribution in [0.5, 0.6) is 0 Å². The minimum absolute atomic E-state index is 0.319. The number of rotatable bonds is 4. The van der Waals surface area contributed by atoms with E-state index in [-0.39, 0.29) is 11.6 Å². The molecule has 0 bridgehead atoms. The highest BCUT2D eigenvalue weighted by molar-refractivity contribution is 5.19. The number of hydrogen-bond donors (Lipinski definition) is 1. The standard InChI is InChI=1S/C16H24F2N2/c1-11(2)6-15-8-19-12(3)9-20(15)10-13-7-14(17)4-5-16(13)18/h4-5,7,11-12,15,19H,6,8-10H2,1-3H3. The molecule has 2 atom stereocenters. The van der Waals surface area contributed by atoms with Gasteiger partial charge in [-0.25, -0.2) is 8.78 Å². The molecule has 0 aromatic heterocycles. The number of benzene rings is 1. The second-order valence-electron chi connectivity index (χ2n) is 6.26. The Kier molecular flexibility index (Phi) is 5.11. The number of halogens is 2. The third-order valence-corrected chi connectivity index (χ3v) is 3.85. The topological polar surface area (TPSA) is 15.3 Å². The summed E-state index contributed by atoms with van der Waals surface area (Å²) in [7, 11) is 0. The van der Waals surface area contributed by atoms with E-state index in [1.54, 1.807) is 0 Å². The van der Waals surface area contributed by atoms with Crippen molar-refractivity contribution >= 4 is 0 Å². The molecule has 20 heavy (non-hydrogen) atoms. The van der Waals surface area contributed by atoms with E-state index in [2.05, 4.69) is 31.0 Å². The Morgan fingerprint density at radius 3 is 2.80 bits per heavy atom. The minimum atomic E-state index is -0.370. The molecule has 1 aliphatic heterocycles. The highest BCUT2D eigenvalue weighted by Crippen LogP contribution is 2.20. The first-order valence-corrected chi connectivity index (χ1v) is 7.37. The van der Waals surface area contributed by atoms with Crippen LogP contribution in [0.2, 0.25) is 0 Å². The fourth-order valence-corrected chi connectivity index (χ4v) is 2.89. The van der Waals surface area contributed by atoms with Crippen LogP contribution in [0.25, 0.3) is 0 Å². The van der Waals surface area contributed by atoms with Crippen LogP contribution in [0.15, 0.2) is 18.2 Å². The molecule has 0 spiro atoms. The van der Waals surface area contributed by atoms with E-state index in [9.17, 15) is 8.78 Å². The molecule has 1 aromatic carbocycles. The van der Waals surface area contributed by atoms with Gasteiger partial charge in [0.25, 0.3) is 0 Å². The summed E-state index contributed by atoms with van der Waals surface area (Å²) in [5.41, 5.74) is 0.452. The van der Waals surface area contributed by atoms with Gasteiger partial charge in [0.15, 0.2) is 0 Å². The van der Waals surface area contributed by atoms with Crippen molar-refractivity contribution in [2.45, 2.75) is 45.8 Å². The molecule has 1 saturated heterocycles. The molecule has 1 fully saturated rings. The van der Waals surface area contributed by atoms with E-state index in [0.717, 1.165) is 19.5 Å². The van der Waals surface area contributed by atoms with E-state index in [0.29, 0.717) is 30.1 Å². The maximum atomic E-state index is 13.8. The molecular formula is C16H24F2N2. The lowest BCUT2D eigenvalue weighted by Gasteiger charge is -2.40. The molecule has 4 heteroatoms. The first kappa shape index (κ1) is 15.4. The Morgan fingerprint density at radius 1 is 1.35 bits per heavy atom. The second kappa shape index (κ2) is 6.64. The van der Waals surface area contributed by atoms with Gasteiger partial charge in [-0.1, -0.05) is 13.8 Å². The number of hydrogen-bond acceptors (Lipinski definition) is 2. The zero-order chi connectivity index (χ0) is 14.7. The van der Waals surface area contributed by atoms with Gasteiger partial charge >= 0.3 is 0 Å². The molecule has 0 aliphatic carbocycles. The van der Waals surface area contributed by atoms with Crippen LogP contribution < -0.4 is 5.32 Å². The van der Waals surface area contributed by atoms with Gasteiger partial charge < -0.3 is 5.32 Å². The molecule has 1 aromatic rings. The van der Waals surface area contributed by atoms with Crippen molar-refractivity contribution in [3.8, 4) is 0 Å². The fourth-order valence-electron chi connectivity index (χ4n) is 2.89. The molecular weight excluding hydrogens is 258 g/mol. The van der Waals surface area contributed by atoms with Gasteiger partial charge in [0, 0.05) is 37.3 Å². The van der Waals surface area contributed by atoms with Crippen LogP contribution in [0.4, 0.5) is 8.78 Å². The lowest BCUT2D eigenvalue weighted by atomic mass is 9.98. The zero-order valence-corrected chi connectivity index (χ0v) is 12.5. The Bertz CT molecular complexity index is 448. The van der Waals surface area contributed by atoms with Crippen LogP contribution in [0, 0.1) is 17.6 Å². The van der Waals surface area contributed by atoms with Crippen LogP contribution in [-0.4, -0.2) is 30.1 Å². The van der Waals surface area contributed by atoms with E-state index in [1.165, 1.54) is 18.2 Å². The van der Waals surface area contributed by atoms with Gasteiger partial charge in [-0.2, -0.15) is 0 Å². The smallest absolute Gasteiger partial charge is 0.127 e. The van der Waals surface area contributed by atoms with Gasteiger partial charge in [-0.3, -0.25) is 4.90 Å². The predicted octanol–water partition coefficient (Wildman–Crippen LogP) is 3.17. The summed E-state index contributed by atoms with van der Waals surface area (Å²) in [6, 6.07) is 4.47. The van der Waals surface area contributed by atoms with Crippen LogP contribution >= 0.6 is 0 Å². The minimum Gasteiger partial charge on any atom is -0.311 e. The Morgan fingerprint density at radius 2 is 2.10 bits per heavy atom. The summed E-state index contributed by atoms with van der Waals surface area (Å²) in [5.74, 6) is -0.0964. The van der Waals surface area contributed by atoms with Crippen molar-refractivity contribution in [3.05, 3.63) is 35.4 Å². The Labute approximate surface area is 120 Å². The molecule has 1 aliphatic rings. The number of nitrogens with zero attached hydrogens (tertiary/aromatic N) is 1. The summed E-state index contributed by atoms with van der Waals surface area (Å²) in [6.45, 7) is 8.77. The third-order valence-electron chi connectivity index (χ3n) is 3.85. The summed E-state index contributed by atoms with van der Waals surface area (Å²) in [6.07, 6.45) is 1.07. The first-order valence-electron chi connectivity index (χ1n) is 7.37. The molecule has 1 heterocycles. The van der Waals surface area contributed by atoms with Crippen molar-refractivity contribution in [1.29, 1.82) is 0 Å². The van der Waals surface area contributed by atoms with Crippen molar-refractivity contribution in [1.82, 2.24) is 10.2 Å². The number of piperazine rings is 1. The zero-order valence-electron chi connectivity index (χ0n) is 12.5. The van der Waals surface area contributed by atoms with Crippen LogP contribution in [0.3, 0.4) is 0 Å². The second-order valence-corrected chi connectivity index (χ2v) is 6.26. The van der Waals surface area contributed by atoms with Crippen molar-refractivity contribution in [3.63, 3.8) is 0 Å². The van der Waals surface area contributed by atoms with Crippen molar-refractivity contribution < 1.29 is 8.78 Å². The van der Waals surface area contributed by atoms with Crippen molar-refractivity contribution in [2.24, 2.45) is 5.92 Å². The van der Waals surface area contributed by atoms with Gasteiger partial charge in [0.1, 0.15) is 11.6 Å². The molecule has 2 rings (SSSR count). The molecule has 112 valence electrons. The molecule has 1 N–H and O–H groups in total. The number of nitrogens with one attached hydrogen (secondary N) is 1. The molecule has 2 nitrogen and oxygen atoms in total. The van der Waals surface area contributed by atoms with Crippen LogP contribution in [-0.2, 0) is 6.54 Å². The Balaban J connectivity index is 2.12. The summed E-state index contributed by atoms with van der Waals surface area (Å²) >= 11 is 0. The molecule has 0 radical (unpaired) electrons. The summed E-state index contributed by atoms with van der Waals surface area (Å²) in [4.78, 5) is 2.28. The highest BCUT2D eigenvalue weighted by atomic mass is 19.1. The normalized spacial score (nSPS) is 24.3.